The lowest BCUT2D eigenvalue weighted by molar-refractivity contribution is 0.501. The van der Waals surface area contributed by atoms with Crippen LogP contribution in [0.1, 0.15) is 6.92 Å². The number of likely N-dealkylation sites (N-methyl/N-ethyl adjacent to an activating group) is 1. The van der Waals surface area contributed by atoms with Gasteiger partial charge in [-0.1, -0.05) is 0 Å². The van der Waals surface area contributed by atoms with Crippen LogP contribution >= 0.6 is 0 Å². The van der Waals surface area contributed by atoms with E-state index >= 15 is 0 Å². The van der Waals surface area contributed by atoms with Crippen molar-refractivity contribution in [3.8, 4) is 0 Å². The molecule has 0 fully saturated rings. The van der Waals surface area contributed by atoms with Crippen molar-refractivity contribution in [2.45, 2.75) is 13.0 Å². The second-order valence-electron chi connectivity index (χ2n) is 2.60. The Balaban J connectivity index is 2.89. The first kappa shape index (κ1) is 10.8. The van der Waals surface area contributed by atoms with Gasteiger partial charge in [0, 0.05) is 25.9 Å². The van der Waals surface area contributed by atoms with Crippen molar-refractivity contribution < 1.29 is 0 Å². The standard InChI is InChI=1S/C7H20N4/c1-7(9-3)4-10-6-11-5-8-2/h7-11H,4-6H2,1-3H3/t7-/m1/s1. The van der Waals surface area contributed by atoms with Gasteiger partial charge in [-0.15, -0.1) is 0 Å². The maximum Gasteiger partial charge on any atom is 0.0465 e. The summed E-state index contributed by atoms with van der Waals surface area (Å²) in [6.45, 7) is 4.84. The van der Waals surface area contributed by atoms with E-state index < -0.39 is 0 Å². The van der Waals surface area contributed by atoms with E-state index in [4.69, 9.17) is 0 Å². The van der Waals surface area contributed by atoms with Gasteiger partial charge in [0.1, 0.15) is 0 Å². The van der Waals surface area contributed by atoms with E-state index in [1.54, 1.807) is 0 Å². The molecule has 0 spiro atoms. The van der Waals surface area contributed by atoms with Gasteiger partial charge in [-0.3, -0.25) is 5.32 Å². The molecule has 68 valence electrons. The summed E-state index contributed by atoms with van der Waals surface area (Å²) in [4.78, 5) is 0. The van der Waals surface area contributed by atoms with Gasteiger partial charge < -0.3 is 16.0 Å². The Hall–Kier alpha value is -0.160. The Labute approximate surface area is 69.1 Å². The summed E-state index contributed by atoms with van der Waals surface area (Å²) >= 11 is 0. The first-order valence-corrected chi connectivity index (χ1v) is 4.04. The van der Waals surface area contributed by atoms with Crippen LogP contribution in [-0.4, -0.2) is 40.0 Å². The van der Waals surface area contributed by atoms with E-state index in [0.717, 1.165) is 19.9 Å². The average molecular weight is 160 g/mol. The minimum Gasteiger partial charge on any atom is -0.316 e. The zero-order chi connectivity index (χ0) is 8.53. The number of nitrogens with one attached hydrogen (secondary N) is 4. The Bertz CT molecular complexity index is 76.8. The van der Waals surface area contributed by atoms with Gasteiger partial charge in [0.2, 0.25) is 0 Å². The molecule has 0 radical (unpaired) electrons. The van der Waals surface area contributed by atoms with Crippen LogP contribution in [0.2, 0.25) is 0 Å². The third-order valence-corrected chi connectivity index (χ3v) is 1.50. The van der Waals surface area contributed by atoms with E-state index in [1.807, 2.05) is 14.1 Å². The van der Waals surface area contributed by atoms with Gasteiger partial charge in [0.25, 0.3) is 0 Å². The fourth-order valence-corrected chi connectivity index (χ4v) is 0.667. The number of hydrogen-bond acceptors (Lipinski definition) is 4. The van der Waals surface area contributed by atoms with E-state index in [0.29, 0.717) is 6.04 Å². The quantitative estimate of drug-likeness (QED) is 0.282. The van der Waals surface area contributed by atoms with Crippen molar-refractivity contribution in [2.24, 2.45) is 0 Å². The van der Waals surface area contributed by atoms with E-state index in [-0.39, 0.29) is 0 Å². The first-order chi connectivity index (χ1) is 5.31. The monoisotopic (exact) mass is 160 g/mol. The van der Waals surface area contributed by atoms with Gasteiger partial charge in [-0.25, -0.2) is 0 Å². The molecule has 11 heavy (non-hydrogen) atoms. The highest BCUT2D eigenvalue weighted by atomic mass is 15.1. The van der Waals surface area contributed by atoms with Gasteiger partial charge in [0.05, 0.1) is 0 Å². The van der Waals surface area contributed by atoms with Crippen molar-refractivity contribution in [2.75, 3.05) is 34.0 Å². The molecule has 0 unspecified atom stereocenters. The predicted molar refractivity (Wildman–Crippen MR) is 48.5 cm³/mol. The third kappa shape index (κ3) is 7.74. The normalized spacial score (nSPS) is 13.4. The second-order valence-corrected chi connectivity index (χ2v) is 2.60. The van der Waals surface area contributed by atoms with Crippen LogP contribution in [0.4, 0.5) is 0 Å². The number of rotatable bonds is 7. The Morgan fingerprint density at radius 2 is 1.82 bits per heavy atom. The molecule has 4 nitrogen and oxygen atoms in total. The van der Waals surface area contributed by atoms with Gasteiger partial charge in [-0.2, -0.15) is 0 Å². The van der Waals surface area contributed by atoms with Gasteiger partial charge in [-0.05, 0) is 21.0 Å². The Morgan fingerprint density at radius 3 is 2.36 bits per heavy atom. The molecule has 0 aromatic carbocycles. The molecular weight excluding hydrogens is 140 g/mol. The molecule has 4 heteroatoms. The average Bonchev–Trinajstić information content (AvgIpc) is 2.04. The van der Waals surface area contributed by atoms with Crippen LogP contribution in [0.3, 0.4) is 0 Å². The molecule has 0 aliphatic carbocycles. The lowest BCUT2D eigenvalue weighted by Gasteiger charge is -2.11. The Kier molecular flexibility index (Phi) is 7.83. The van der Waals surface area contributed by atoms with E-state index in [1.165, 1.54) is 0 Å². The molecule has 1 atom stereocenters. The minimum atomic E-state index is 0.534. The zero-order valence-electron chi connectivity index (χ0n) is 7.70. The molecule has 0 aromatic heterocycles. The molecule has 0 heterocycles. The molecule has 0 aliphatic heterocycles. The smallest absolute Gasteiger partial charge is 0.0465 e. The molecule has 0 saturated heterocycles. The fourth-order valence-electron chi connectivity index (χ4n) is 0.667. The molecule has 0 rings (SSSR count). The lowest BCUT2D eigenvalue weighted by atomic mass is 10.3. The van der Waals surface area contributed by atoms with Crippen LogP contribution in [0.5, 0.6) is 0 Å². The highest BCUT2D eigenvalue weighted by Crippen LogP contribution is 1.72. The van der Waals surface area contributed by atoms with Gasteiger partial charge in [0.15, 0.2) is 0 Å². The molecule has 0 aliphatic rings. The maximum atomic E-state index is 3.26. The zero-order valence-corrected chi connectivity index (χ0v) is 7.70. The highest BCUT2D eigenvalue weighted by molar-refractivity contribution is 4.59. The van der Waals surface area contributed by atoms with Crippen molar-refractivity contribution in [1.29, 1.82) is 0 Å². The summed E-state index contributed by atoms with van der Waals surface area (Å²) in [5.74, 6) is 0. The van der Waals surface area contributed by atoms with E-state index in [2.05, 4.69) is 28.2 Å². The van der Waals surface area contributed by atoms with Crippen molar-refractivity contribution in [1.82, 2.24) is 21.3 Å². The van der Waals surface area contributed by atoms with Crippen LogP contribution in [0, 0.1) is 0 Å². The summed E-state index contributed by atoms with van der Waals surface area (Å²) in [5.41, 5.74) is 0. The summed E-state index contributed by atoms with van der Waals surface area (Å²) in [5, 5.41) is 12.6. The second kappa shape index (κ2) is 7.94. The molecule has 0 aromatic rings. The molecule has 4 N–H and O–H groups in total. The predicted octanol–water partition coefficient (Wildman–Crippen LogP) is -1.09. The van der Waals surface area contributed by atoms with Crippen LogP contribution in [0.25, 0.3) is 0 Å². The molecule has 0 bridgehead atoms. The molecule has 0 saturated carbocycles. The van der Waals surface area contributed by atoms with Crippen LogP contribution < -0.4 is 21.3 Å². The summed E-state index contributed by atoms with van der Waals surface area (Å²) in [7, 11) is 3.89. The van der Waals surface area contributed by atoms with Crippen molar-refractivity contribution in [3.05, 3.63) is 0 Å². The first-order valence-electron chi connectivity index (χ1n) is 4.04. The fraction of sp³-hybridized carbons (Fsp3) is 1.00. The topological polar surface area (TPSA) is 48.1 Å². The van der Waals surface area contributed by atoms with Crippen molar-refractivity contribution >= 4 is 0 Å². The maximum absolute atomic E-state index is 3.26. The third-order valence-electron chi connectivity index (χ3n) is 1.50. The van der Waals surface area contributed by atoms with Crippen LogP contribution in [0.15, 0.2) is 0 Å². The minimum absolute atomic E-state index is 0.534. The van der Waals surface area contributed by atoms with Gasteiger partial charge >= 0.3 is 0 Å². The summed E-state index contributed by atoms with van der Waals surface area (Å²) < 4.78 is 0. The SMILES string of the molecule is CNCNCNC[C@@H](C)NC. The molecule has 0 amide bonds. The van der Waals surface area contributed by atoms with E-state index in [9.17, 15) is 0 Å². The lowest BCUT2D eigenvalue weighted by Crippen LogP contribution is -2.40. The highest BCUT2D eigenvalue weighted by Gasteiger charge is 1.94. The molecular formula is C7H20N4. The van der Waals surface area contributed by atoms with Crippen LogP contribution in [-0.2, 0) is 0 Å². The Morgan fingerprint density at radius 1 is 1.09 bits per heavy atom. The number of hydrogen-bond donors (Lipinski definition) is 4. The summed E-state index contributed by atoms with van der Waals surface area (Å²) in [6, 6.07) is 0.534. The van der Waals surface area contributed by atoms with Crippen molar-refractivity contribution in [3.63, 3.8) is 0 Å². The largest absolute Gasteiger partial charge is 0.316 e. The summed E-state index contributed by atoms with van der Waals surface area (Å²) in [6.07, 6.45) is 0.